The minimum atomic E-state index is 0.577. The highest BCUT2D eigenvalue weighted by Gasteiger charge is 2.39. The first-order valence-electron chi connectivity index (χ1n) is 5.78. The standard InChI is InChI=1S/C11H20N4/c1-4-12-10(9-5-8(9)2)6-11-13-7-14-15(11)3/h7-10,12H,4-6H2,1-3H3. The Morgan fingerprint density at radius 3 is 2.87 bits per heavy atom. The Bertz CT molecular complexity index is 320. The van der Waals surface area contributed by atoms with Gasteiger partial charge in [-0.3, -0.25) is 4.68 Å². The fourth-order valence-corrected chi connectivity index (χ4v) is 2.25. The maximum absolute atomic E-state index is 4.28. The van der Waals surface area contributed by atoms with E-state index >= 15 is 0 Å². The molecule has 0 amide bonds. The number of hydrogen-bond donors (Lipinski definition) is 1. The maximum Gasteiger partial charge on any atom is 0.138 e. The van der Waals surface area contributed by atoms with Gasteiger partial charge in [0.15, 0.2) is 0 Å². The molecule has 0 spiro atoms. The molecule has 1 heterocycles. The Morgan fingerprint density at radius 2 is 2.40 bits per heavy atom. The molecule has 0 bridgehead atoms. The lowest BCUT2D eigenvalue weighted by Crippen LogP contribution is -2.34. The molecule has 1 aliphatic carbocycles. The van der Waals surface area contributed by atoms with E-state index in [-0.39, 0.29) is 0 Å². The van der Waals surface area contributed by atoms with E-state index in [4.69, 9.17) is 0 Å². The lowest BCUT2D eigenvalue weighted by molar-refractivity contribution is 0.439. The number of nitrogens with one attached hydrogen (secondary N) is 1. The zero-order valence-electron chi connectivity index (χ0n) is 9.77. The van der Waals surface area contributed by atoms with Gasteiger partial charge in [0.2, 0.25) is 0 Å². The molecule has 1 aromatic heterocycles. The summed E-state index contributed by atoms with van der Waals surface area (Å²) in [7, 11) is 1.96. The van der Waals surface area contributed by atoms with E-state index in [2.05, 4.69) is 29.2 Å². The van der Waals surface area contributed by atoms with Crippen molar-refractivity contribution in [2.45, 2.75) is 32.7 Å². The van der Waals surface area contributed by atoms with Gasteiger partial charge in [0.25, 0.3) is 0 Å². The quantitative estimate of drug-likeness (QED) is 0.784. The summed E-state index contributed by atoms with van der Waals surface area (Å²) in [6.45, 7) is 5.52. The summed E-state index contributed by atoms with van der Waals surface area (Å²) in [6, 6.07) is 0.577. The van der Waals surface area contributed by atoms with Crippen LogP contribution in [0.4, 0.5) is 0 Å². The van der Waals surface area contributed by atoms with Crippen LogP contribution in [0.15, 0.2) is 6.33 Å². The summed E-state index contributed by atoms with van der Waals surface area (Å²) in [5, 5.41) is 7.67. The third kappa shape index (κ3) is 2.37. The van der Waals surface area contributed by atoms with E-state index < -0.39 is 0 Å². The van der Waals surface area contributed by atoms with E-state index in [1.54, 1.807) is 6.33 Å². The Hall–Kier alpha value is -0.900. The van der Waals surface area contributed by atoms with Crippen LogP contribution in [-0.4, -0.2) is 27.4 Å². The van der Waals surface area contributed by atoms with Gasteiger partial charge in [-0.2, -0.15) is 5.10 Å². The lowest BCUT2D eigenvalue weighted by Gasteiger charge is -2.16. The van der Waals surface area contributed by atoms with E-state index in [0.717, 1.165) is 30.6 Å². The van der Waals surface area contributed by atoms with Gasteiger partial charge in [-0.15, -0.1) is 0 Å². The number of likely N-dealkylation sites (N-methyl/N-ethyl adjacent to an activating group) is 1. The fourth-order valence-electron chi connectivity index (χ4n) is 2.25. The van der Waals surface area contributed by atoms with Crippen molar-refractivity contribution >= 4 is 0 Å². The zero-order valence-corrected chi connectivity index (χ0v) is 9.77. The van der Waals surface area contributed by atoms with Gasteiger partial charge in [-0.05, 0) is 24.8 Å². The van der Waals surface area contributed by atoms with Crippen molar-refractivity contribution in [2.75, 3.05) is 6.54 Å². The first-order valence-corrected chi connectivity index (χ1v) is 5.78. The first kappa shape index (κ1) is 10.6. The van der Waals surface area contributed by atoms with Gasteiger partial charge in [0.05, 0.1) is 0 Å². The number of hydrogen-bond acceptors (Lipinski definition) is 3. The average Bonchev–Trinajstić information content (AvgIpc) is 2.79. The molecule has 0 radical (unpaired) electrons. The van der Waals surface area contributed by atoms with Crippen LogP contribution in [0.1, 0.15) is 26.1 Å². The summed E-state index contributed by atoms with van der Waals surface area (Å²) in [4.78, 5) is 4.28. The second kappa shape index (κ2) is 4.31. The highest BCUT2D eigenvalue weighted by atomic mass is 15.3. The van der Waals surface area contributed by atoms with Crippen molar-refractivity contribution in [1.82, 2.24) is 20.1 Å². The predicted octanol–water partition coefficient (Wildman–Crippen LogP) is 0.992. The maximum atomic E-state index is 4.28. The van der Waals surface area contributed by atoms with Gasteiger partial charge in [-0.1, -0.05) is 13.8 Å². The van der Waals surface area contributed by atoms with Crippen molar-refractivity contribution in [3.63, 3.8) is 0 Å². The SMILES string of the molecule is CCNC(Cc1ncnn1C)C1CC1C. The molecule has 0 saturated heterocycles. The zero-order chi connectivity index (χ0) is 10.8. The highest BCUT2D eigenvalue weighted by Crippen LogP contribution is 2.41. The van der Waals surface area contributed by atoms with Gasteiger partial charge in [-0.25, -0.2) is 4.98 Å². The summed E-state index contributed by atoms with van der Waals surface area (Å²) >= 11 is 0. The molecule has 1 N–H and O–H groups in total. The predicted molar refractivity (Wildman–Crippen MR) is 59.4 cm³/mol. The molecule has 1 saturated carbocycles. The van der Waals surface area contributed by atoms with Gasteiger partial charge < -0.3 is 5.32 Å². The molecule has 2 rings (SSSR count). The molecular formula is C11H20N4. The van der Waals surface area contributed by atoms with Crippen LogP contribution in [0.5, 0.6) is 0 Å². The Morgan fingerprint density at radius 1 is 1.67 bits per heavy atom. The van der Waals surface area contributed by atoms with Crippen LogP contribution in [0, 0.1) is 11.8 Å². The van der Waals surface area contributed by atoms with Gasteiger partial charge in [0, 0.05) is 19.5 Å². The molecule has 3 unspecified atom stereocenters. The van der Waals surface area contributed by atoms with Gasteiger partial charge in [0.1, 0.15) is 12.2 Å². The molecule has 1 aromatic rings. The van der Waals surface area contributed by atoms with Crippen molar-refractivity contribution in [3.8, 4) is 0 Å². The van der Waals surface area contributed by atoms with Crippen LogP contribution >= 0.6 is 0 Å². The van der Waals surface area contributed by atoms with Crippen molar-refractivity contribution < 1.29 is 0 Å². The number of nitrogens with zero attached hydrogens (tertiary/aromatic N) is 3. The van der Waals surface area contributed by atoms with E-state index in [1.165, 1.54) is 6.42 Å². The lowest BCUT2D eigenvalue weighted by atomic mass is 10.1. The van der Waals surface area contributed by atoms with Crippen molar-refractivity contribution in [3.05, 3.63) is 12.2 Å². The third-order valence-electron chi connectivity index (χ3n) is 3.36. The Kier molecular flexibility index (Phi) is 3.05. The molecular weight excluding hydrogens is 188 g/mol. The third-order valence-corrected chi connectivity index (χ3v) is 3.36. The first-order chi connectivity index (χ1) is 7.22. The molecule has 1 fully saturated rings. The fraction of sp³-hybridized carbons (Fsp3) is 0.818. The minimum Gasteiger partial charge on any atom is -0.314 e. The minimum absolute atomic E-state index is 0.577. The topological polar surface area (TPSA) is 42.7 Å². The summed E-state index contributed by atoms with van der Waals surface area (Å²) < 4.78 is 1.87. The van der Waals surface area contributed by atoms with Crippen molar-refractivity contribution in [1.29, 1.82) is 0 Å². The molecule has 3 atom stereocenters. The summed E-state index contributed by atoms with van der Waals surface area (Å²) in [5.74, 6) is 2.80. The largest absolute Gasteiger partial charge is 0.314 e. The number of aromatic nitrogens is 3. The van der Waals surface area contributed by atoms with Crippen molar-refractivity contribution in [2.24, 2.45) is 18.9 Å². The second-order valence-electron chi connectivity index (χ2n) is 4.55. The van der Waals surface area contributed by atoms with Crippen LogP contribution in [0.25, 0.3) is 0 Å². The molecule has 4 nitrogen and oxygen atoms in total. The molecule has 0 aliphatic heterocycles. The number of aryl methyl sites for hydroxylation is 1. The molecule has 0 aromatic carbocycles. The average molecular weight is 208 g/mol. The highest BCUT2D eigenvalue weighted by molar-refractivity contribution is 4.98. The molecule has 15 heavy (non-hydrogen) atoms. The van der Waals surface area contributed by atoms with Crippen LogP contribution < -0.4 is 5.32 Å². The molecule has 84 valence electrons. The van der Waals surface area contributed by atoms with E-state index in [9.17, 15) is 0 Å². The Labute approximate surface area is 91.1 Å². The summed E-state index contributed by atoms with van der Waals surface area (Å²) in [6.07, 6.45) is 3.99. The van der Waals surface area contributed by atoms with E-state index in [0.29, 0.717) is 6.04 Å². The van der Waals surface area contributed by atoms with Crippen LogP contribution in [0.3, 0.4) is 0 Å². The van der Waals surface area contributed by atoms with Crippen LogP contribution in [-0.2, 0) is 13.5 Å². The normalized spacial score (nSPS) is 26.6. The van der Waals surface area contributed by atoms with E-state index in [1.807, 2.05) is 11.7 Å². The Balaban J connectivity index is 1.97. The smallest absolute Gasteiger partial charge is 0.138 e. The van der Waals surface area contributed by atoms with Gasteiger partial charge >= 0.3 is 0 Å². The second-order valence-corrected chi connectivity index (χ2v) is 4.55. The molecule has 4 heteroatoms. The molecule has 1 aliphatic rings. The monoisotopic (exact) mass is 208 g/mol. The van der Waals surface area contributed by atoms with Crippen LogP contribution in [0.2, 0.25) is 0 Å². The summed E-state index contributed by atoms with van der Waals surface area (Å²) in [5.41, 5.74) is 0. The number of rotatable bonds is 5.